The smallest absolute Gasteiger partial charge is 0.321 e. The van der Waals surface area contributed by atoms with Crippen molar-refractivity contribution in [3.05, 3.63) is 28.4 Å². The first-order valence-electron chi connectivity index (χ1n) is 4.86. The molecule has 0 radical (unpaired) electrons. The van der Waals surface area contributed by atoms with Crippen LogP contribution >= 0.6 is 0 Å². The van der Waals surface area contributed by atoms with Crippen LogP contribution in [-0.4, -0.2) is 36.7 Å². The highest BCUT2D eigenvalue weighted by atomic mass is 32.2. The van der Waals surface area contributed by atoms with Crippen molar-refractivity contribution in [3.63, 3.8) is 0 Å². The van der Waals surface area contributed by atoms with Crippen LogP contribution in [0.2, 0.25) is 0 Å². The molecule has 18 heavy (non-hydrogen) atoms. The molecular weight excluding hydrogens is 264 g/mol. The van der Waals surface area contributed by atoms with Crippen LogP contribution in [0.1, 0.15) is 6.92 Å². The average Bonchev–Trinajstić information content (AvgIpc) is 2.28. The second kappa shape index (κ2) is 5.54. The van der Waals surface area contributed by atoms with Gasteiger partial charge in [0.25, 0.3) is 0 Å². The van der Waals surface area contributed by atoms with Gasteiger partial charge in [0.1, 0.15) is 0 Å². The first-order chi connectivity index (χ1) is 8.38. The summed E-state index contributed by atoms with van der Waals surface area (Å²) >= 11 is 0. The molecule has 0 aliphatic heterocycles. The molecular formula is C9H10N2O6S. The molecule has 0 saturated carbocycles. The summed E-state index contributed by atoms with van der Waals surface area (Å²) < 4.78 is 28.0. The van der Waals surface area contributed by atoms with Crippen molar-refractivity contribution in [2.24, 2.45) is 0 Å². The Kier molecular flexibility index (Phi) is 4.32. The Bertz CT molecular complexity index is 568. The Labute approximate surface area is 103 Å². The number of carbonyl (C=O) groups is 1. The molecule has 0 N–H and O–H groups in total. The van der Waals surface area contributed by atoms with Gasteiger partial charge in [-0.2, -0.15) is 0 Å². The number of nitro groups is 1. The van der Waals surface area contributed by atoms with Gasteiger partial charge < -0.3 is 4.74 Å². The Balaban J connectivity index is 3.13. The Morgan fingerprint density at radius 3 is 2.78 bits per heavy atom. The van der Waals surface area contributed by atoms with E-state index < -0.39 is 37.2 Å². The highest BCUT2D eigenvalue weighted by Gasteiger charge is 2.29. The van der Waals surface area contributed by atoms with Gasteiger partial charge in [0, 0.05) is 12.3 Å². The van der Waals surface area contributed by atoms with Crippen molar-refractivity contribution < 1.29 is 22.9 Å². The third-order valence-corrected chi connectivity index (χ3v) is 3.38. The van der Waals surface area contributed by atoms with Crippen molar-refractivity contribution in [3.8, 4) is 0 Å². The van der Waals surface area contributed by atoms with Crippen LogP contribution in [0.4, 0.5) is 5.69 Å². The Morgan fingerprint density at radius 2 is 2.22 bits per heavy atom. The Morgan fingerprint density at radius 1 is 1.56 bits per heavy atom. The number of pyridine rings is 1. The number of hydrogen-bond acceptors (Lipinski definition) is 7. The van der Waals surface area contributed by atoms with Crippen LogP contribution in [-0.2, 0) is 19.4 Å². The van der Waals surface area contributed by atoms with Gasteiger partial charge in [0.15, 0.2) is 5.75 Å². The second-order valence-corrected chi connectivity index (χ2v) is 5.05. The number of sulfone groups is 1. The van der Waals surface area contributed by atoms with E-state index >= 15 is 0 Å². The predicted octanol–water partition coefficient (Wildman–Crippen LogP) is 0.327. The number of aromatic nitrogens is 1. The first kappa shape index (κ1) is 14.0. The zero-order chi connectivity index (χ0) is 13.8. The molecule has 0 saturated heterocycles. The molecule has 0 spiro atoms. The summed E-state index contributed by atoms with van der Waals surface area (Å²) in [5, 5.41) is 9.93. The van der Waals surface area contributed by atoms with Gasteiger partial charge in [-0.15, -0.1) is 0 Å². The molecule has 0 fully saturated rings. The maximum atomic E-state index is 11.8. The largest absolute Gasteiger partial charge is 0.465 e. The standard InChI is InChI=1S/C9H10N2O6S/c1-2-17-8(12)6-18(15,16)9-7(11(13)14)4-3-5-10-9/h3-5H,2,6H2,1H3. The molecule has 1 aromatic rings. The molecule has 1 heterocycles. The minimum absolute atomic E-state index is 0.0265. The molecule has 98 valence electrons. The minimum Gasteiger partial charge on any atom is -0.465 e. The minimum atomic E-state index is -4.18. The van der Waals surface area contributed by atoms with E-state index in [9.17, 15) is 23.3 Å². The fourth-order valence-electron chi connectivity index (χ4n) is 1.19. The van der Waals surface area contributed by atoms with Gasteiger partial charge in [0.2, 0.25) is 14.9 Å². The van der Waals surface area contributed by atoms with Gasteiger partial charge >= 0.3 is 11.7 Å². The monoisotopic (exact) mass is 274 g/mol. The van der Waals surface area contributed by atoms with Crippen LogP contribution in [0, 0.1) is 10.1 Å². The molecule has 0 aliphatic carbocycles. The summed E-state index contributed by atoms with van der Waals surface area (Å²) in [4.78, 5) is 24.4. The molecule has 1 rings (SSSR count). The van der Waals surface area contributed by atoms with Gasteiger partial charge in [-0.05, 0) is 13.0 Å². The predicted molar refractivity (Wildman–Crippen MR) is 59.6 cm³/mol. The number of ether oxygens (including phenoxy) is 1. The topological polar surface area (TPSA) is 116 Å². The summed E-state index contributed by atoms with van der Waals surface area (Å²) in [6.07, 6.45) is 1.10. The van der Waals surface area contributed by atoms with E-state index in [1.807, 2.05) is 0 Å². The van der Waals surface area contributed by atoms with Gasteiger partial charge in [-0.25, -0.2) is 13.4 Å². The van der Waals surface area contributed by atoms with Crippen LogP contribution in [0.5, 0.6) is 0 Å². The summed E-state index contributed by atoms with van der Waals surface area (Å²) in [6.45, 7) is 1.55. The zero-order valence-electron chi connectivity index (χ0n) is 9.40. The summed E-state index contributed by atoms with van der Waals surface area (Å²) in [7, 11) is -4.18. The Hall–Kier alpha value is -2.03. The third kappa shape index (κ3) is 3.23. The molecule has 0 aromatic carbocycles. The number of hydrogen-bond donors (Lipinski definition) is 0. The normalized spacial score (nSPS) is 10.9. The molecule has 0 unspecified atom stereocenters. The van der Waals surface area contributed by atoms with Crippen LogP contribution in [0.3, 0.4) is 0 Å². The van der Waals surface area contributed by atoms with Gasteiger partial charge in [-0.3, -0.25) is 14.9 Å². The van der Waals surface area contributed by atoms with E-state index in [2.05, 4.69) is 9.72 Å². The quantitative estimate of drug-likeness (QED) is 0.431. The highest BCUT2D eigenvalue weighted by Crippen LogP contribution is 2.21. The summed E-state index contributed by atoms with van der Waals surface area (Å²) in [5.41, 5.74) is -0.665. The number of nitrogens with zero attached hydrogens (tertiary/aromatic N) is 2. The van der Waals surface area contributed by atoms with Crippen LogP contribution < -0.4 is 0 Å². The van der Waals surface area contributed by atoms with Gasteiger partial charge in [-0.1, -0.05) is 0 Å². The van der Waals surface area contributed by atoms with Crippen molar-refractivity contribution in [1.82, 2.24) is 4.98 Å². The van der Waals surface area contributed by atoms with E-state index in [1.54, 1.807) is 0 Å². The van der Waals surface area contributed by atoms with Crippen molar-refractivity contribution >= 4 is 21.5 Å². The lowest BCUT2D eigenvalue weighted by molar-refractivity contribution is -0.388. The van der Waals surface area contributed by atoms with Crippen LogP contribution in [0.15, 0.2) is 23.4 Å². The van der Waals surface area contributed by atoms with E-state index in [0.717, 1.165) is 12.3 Å². The molecule has 0 aliphatic rings. The van der Waals surface area contributed by atoms with Crippen molar-refractivity contribution in [2.75, 3.05) is 12.4 Å². The lowest BCUT2D eigenvalue weighted by Crippen LogP contribution is -2.20. The molecule has 1 aromatic heterocycles. The lowest BCUT2D eigenvalue weighted by atomic mass is 10.4. The third-order valence-electron chi connectivity index (χ3n) is 1.86. The zero-order valence-corrected chi connectivity index (χ0v) is 10.2. The maximum Gasteiger partial charge on any atom is 0.321 e. The summed E-state index contributed by atoms with van der Waals surface area (Å²) in [6, 6.07) is 2.24. The maximum absolute atomic E-state index is 11.8. The highest BCUT2D eigenvalue weighted by molar-refractivity contribution is 7.92. The average molecular weight is 274 g/mol. The van der Waals surface area contributed by atoms with Crippen molar-refractivity contribution in [2.45, 2.75) is 11.9 Å². The molecule has 8 nitrogen and oxygen atoms in total. The molecule has 0 atom stereocenters. The van der Waals surface area contributed by atoms with E-state index in [4.69, 9.17) is 0 Å². The molecule has 0 amide bonds. The number of rotatable bonds is 5. The first-order valence-corrected chi connectivity index (χ1v) is 6.51. The SMILES string of the molecule is CCOC(=O)CS(=O)(=O)c1ncccc1[N+](=O)[O-]. The fourth-order valence-corrected chi connectivity index (χ4v) is 2.40. The molecule has 9 heteroatoms. The number of esters is 1. The summed E-state index contributed by atoms with van der Waals surface area (Å²) in [5.74, 6) is -1.95. The van der Waals surface area contributed by atoms with E-state index in [1.165, 1.54) is 13.0 Å². The van der Waals surface area contributed by atoms with E-state index in [-0.39, 0.29) is 6.61 Å². The second-order valence-electron chi connectivity index (χ2n) is 3.15. The fraction of sp³-hybridized carbons (Fsp3) is 0.333. The van der Waals surface area contributed by atoms with Crippen LogP contribution in [0.25, 0.3) is 0 Å². The van der Waals surface area contributed by atoms with E-state index in [0.29, 0.717) is 0 Å². The number of carbonyl (C=O) groups excluding carboxylic acids is 1. The lowest BCUT2D eigenvalue weighted by Gasteiger charge is -2.03. The molecule has 0 bridgehead atoms. The van der Waals surface area contributed by atoms with Crippen molar-refractivity contribution in [1.29, 1.82) is 0 Å². The van der Waals surface area contributed by atoms with Gasteiger partial charge in [0.05, 0.1) is 11.5 Å².